The van der Waals surface area contributed by atoms with Crippen molar-refractivity contribution >= 4 is 0 Å². The van der Waals surface area contributed by atoms with Crippen molar-refractivity contribution in [3.63, 3.8) is 0 Å². The number of imidazole rings is 1. The summed E-state index contributed by atoms with van der Waals surface area (Å²) in [6, 6.07) is 0. The molecule has 2 nitrogen and oxygen atoms in total. The van der Waals surface area contributed by atoms with Gasteiger partial charge in [-0.05, 0) is 12.8 Å². The molecule has 0 aromatic carbocycles. The first-order valence-corrected chi connectivity index (χ1v) is 13.4. The molecule has 0 saturated carbocycles. The third kappa shape index (κ3) is 15.7. The van der Waals surface area contributed by atoms with Gasteiger partial charge >= 0.3 is 0 Å². The maximum Gasteiger partial charge on any atom is 0.108 e. The molecule has 1 rings (SSSR count). The fourth-order valence-corrected chi connectivity index (χ4v) is 4.31. The molecule has 0 spiro atoms. The third-order valence-electron chi connectivity index (χ3n) is 6.31. The molecule has 1 aromatic rings. The van der Waals surface area contributed by atoms with Gasteiger partial charge < -0.3 is 4.57 Å². The smallest absolute Gasteiger partial charge is 0.108 e. The van der Waals surface area contributed by atoms with Gasteiger partial charge in [0.1, 0.15) is 5.82 Å². The molecule has 0 unspecified atom stereocenters. The van der Waals surface area contributed by atoms with Gasteiger partial charge in [-0.3, -0.25) is 0 Å². The van der Waals surface area contributed by atoms with Crippen molar-refractivity contribution < 1.29 is 0 Å². The van der Waals surface area contributed by atoms with E-state index in [-0.39, 0.29) is 0 Å². The third-order valence-corrected chi connectivity index (χ3v) is 6.31. The van der Waals surface area contributed by atoms with Crippen LogP contribution in [-0.4, -0.2) is 9.55 Å². The summed E-state index contributed by atoms with van der Waals surface area (Å²) >= 11 is 0. The predicted octanol–water partition coefficient (Wildman–Crippen LogP) is 9.27. The first kappa shape index (κ1) is 26.2. The lowest BCUT2D eigenvalue weighted by Gasteiger charge is -2.08. The Morgan fingerprint density at radius 2 is 0.966 bits per heavy atom. The van der Waals surface area contributed by atoms with Gasteiger partial charge in [0.15, 0.2) is 0 Å². The Kier molecular flexibility index (Phi) is 18.5. The molecule has 0 radical (unpaired) electrons. The van der Waals surface area contributed by atoms with Crippen LogP contribution >= 0.6 is 0 Å². The summed E-state index contributed by atoms with van der Waals surface area (Å²) in [6.45, 7) is 5.76. The van der Waals surface area contributed by atoms with Crippen LogP contribution in [0.25, 0.3) is 0 Å². The van der Waals surface area contributed by atoms with Crippen molar-refractivity contribution in [1.29, 1.82) is 0 Å². The van der Waals surface area contributed by atoms with Crippen LogP contribution in [-0.2, 0) is 13.0 Å². The van der Waals surface area contributed by atoms with Crippen LogP contribution in [0.1, 0.15) is 148 Å². The second-order valence-corrected chi connectivity index (χ2v) is 9.15. The Bertz CT molecular complexity index is 399. The van der Waals surface area contributed by atoms with E-state index in [0.717, 1.165) is 0 Å². The second kappa shape index (κ2) is 20.5. The normalized spacial score (nSPS) is 11.4. The summed E-state index contributed by atoms with van der Waals surface area (Å²) in [6.07, 6.45) is 33.6. The highest BCUT2D eigenvalue weighted by Crippen LogP contribution is 2.14. The van der Waals surface area contributed by atoms with E-state index in [2.05, 4.69) is 29.6 Å². The molecular formula is C27H52N2. The Labute approximate surface area is 183 Å². The van der Waals surface area contributed by atoms with Gasteiger partial charge in [0.2, 0.25) is 0 Å². The van der Waals surface area contributed by atoms with Gasteiger partial charge in [0, 0.05) is 25.4 Å². The molecule has 29 heavy (non-hydrogen) atoms. The fraction of sp³-hybridized carbons (Fsp3) is 0.889. The molecule has 0 aliphatic heterocycles. The van der Waals surface area contributed by atoms with Crippen LogP contribution in [0.5, 0.6) is 0 Å². The number of hydrogen-bond donors (Lipinski definition) is 0. The molecule has 0 aliphatic carbocycles. The molecule has 2 heteroatoms. The van der Waals surface area contributed by atoms with Crippen molar-refractivity contribution in [2.24, 2.45) is 0 Å². The van der Waals surface area contributed by atoms with E-state index in [9.17, 15) is 0 Å². The monoisotopic (exact) mass is 404 g/mol. The van der Waals surface area contributed by atoms with E-state index in [1.165, 1.54) is 147 Å². The highest BCUT2D eigenvalue weighted by atomic mass is 15.1. The number of aryl methyl sites for hydroxylation is 2. The van der Waals surface area contributed by atoms with Gasteiger partial charge in [-0.2, -0.15) is 0 Å². The van der Waals surface area contributed by atoms with E-state index in [4.69, 9.17) is 0 Å². The minimum Gasteiger partial charge on any atom is -0.335 e. The molecule has 0 bridgehead atoms. The van der Waals surface area contributed by atoms with Crippen molar-refractivity contribution in [2.45, 2.75) is 155 Å². The van der Waals surface area contributed by atoms with Crippen molar-refractivity contribution in [3.05, 3.63) is 18.2 Å². The zero-order valence-corrected chi connectivity index (χ0v) is 20.1. The lowest BCUT2D eigenvalue weighted by Crippen LogP contribution is -2.03. The van der Waals surface area contributed by atoms with Crippen LogP contribution in [0, 0.1) is 0 Å². The number of aromatic nitrogens is 2. The van der Waals surface area contributed by atoms with Crippen LogP contribution in [0.15, 0.2) is 12.4 Å². The largest absolute Gasteiger partial charge is 0.335 e. The van der Waals surface area contributed by atoms with Crippen molar-refractivity contribution in [3.8, 4) is 0 Å². The zero-order valence-electron chi connectivity index (χ0n) is 20.1. The Balaban J connectivity index is 1.93. The molecule has 0 N–H and O–H groups in total. The van der Waals surface area contributed by atoms with Gasteiger partial charge in [0.25, 0.3) is 0 Å². The summed E-state index contributed by atoms with van der Waals surface area (Å²) in [5, 5.41) is 0. The van der Waals surface area contributed by atoms with Crippen LogP contribution < -0.4 is 0 Å². The Hall–Kier alpha value is -0.790. The van der Waals surface area contributed by atoms with Crippen molar-refractivity contribution in [1.82, 2.24) is 9.55 Å². The fourth-order valence-electron chi connectivity index (χ4n) is 4.31. The predicted molar refractivity (Wildman–Crippen MR) is 130 cm³/mol. The topological polar surface area (TPSA) is 17.8 Å². The maximum absolute atomic E-state index is 4.62. The SMILES string of the molecule is CCCCCCCCCCCCc1nccn1CCCCCCCCCCCC. The van der Waals surface area contributed by atoms with Gasteiger partial charge in [-0.1, -0.05) is 129 Å². The van der Waals surface area contributed by atoms with E-state index >= 15 is 0 Å². The molecule has 0 atom stereocenters. The van der Waals surface area contributed by atoms with Crippen LogP contribution in [0.4, 0.5) is 0 Å². The lowest BCUT2D eigenvalue weighted by atomic mass is 10.1. The highest BCUT2D eigenvalue weighted by Gasteiger charge is 2.03. The van der Waals surface area contributed by atoms with Gasteiger partial charge in [-0.25, -0.2) is 4.98 Å². The Morgan fingerprint density at radius 3 is 1.45 bits per heavy atom. The first-order valence-electron chi connectivity index (χ1n) is 13.4. The zero-order chi connectivity index (χ0) is 20.8. The summed E-state index contributed by atoms with van der Waals surface area (Å²) in [7, 11) is 0. The molecule has 1 heterocycles. The number of nitrogens with zero attached hydrogens (tertiary/aromatic N) is 2. The number of hydrogen-bond acceptors (Lipinski definition) is 1. The quantitative estimate of drug-likeness (QED) is 0.176. The molecule has 170 valence electrons. The average Bonchev–Trinajstić information content (AvgIpc) is 3.18. The average molecular weight is 405 g/mol. The van der Waals surface area contributed by atoms with Crippen LogP contribution in [0.2, 0.25) is 0 Å². The molecular weight excluding hydrogens is 352 g/mol. The maximum atomic E-state index is 4.62. The van der Waals surface area contributed by atoms with Crippen LogP contribution in [0.3, 0.4) is 0 Å². The lowest BCUT2D eigenvalue weighted by molar-refractivity contribution is 0.521. The van der Waals surface area contributed by atoms with E-state index in [0.29, 0.717) is 0 Å². The van der Waals surface area contributed by atoms with E-state index in [1.807, 2.05) is 6.20 Å². The summed E-state index contributed by atoms with van der Waals surface area (Å²) in [5.41, 5.74) is 0. The molecule has 0 saturated heterocycles. The standard InChI is InChI=1S/C27H52N2/c1-3-5-7-9-11-13-15-17-19-21-23-27-28-24-26-29(27)25-22-20-18-16-14-12-10-8-6-4-2/h24,26H,3-23,25H2,1-2H3. The molecule has 0 fully saturated rings. The number of unbranched alkanes of at least 4 members (excludes halogenated alkanes) is 18. The molecule has 0 amide bonds. The highest BCUT2D eigenvalue weighted by molar-refractivity contribution is 4.92. The molecule has 0 aliphatic rings. The van der Waals surface area contributed by atoms with Gasteiger partial charge in [-0.15, -0.1) is 0 Å². The number of rotatable bonds is 22. The summed E-state index contributed by atoms with van der Waals surface area (Å²) in [5.74, 6) is 1.32. The summed E-state index contributed by atoms with van der Waals surface area (Å²) < 4.78 is 2.42. The minimum absolute atomic E-state index is 1.17. The van der Waals surface area contributed by atoms with E-state index < -0.39 is 0 Å². The minimum atomic E-state index is 1.17. The first-order chi connectivity index (χ1) is 14.4. The molecule has 1 aromatic heterocycles. The summed E-state index contributed by atoms with van der Waals surface area (Å²) in [4.78, 5) is 4.62. The second-order valence-electron chi connectivity index (χ2n) is 9.15. The van der Waals surface area contributed by atoms with Gasteiger partial charge in [0.05, 0.1) is 0 Å². The van der Waals surface area contributed by atoms with Crippen molar-refractivity contribution in [2.75, 3.05) is 0 Å². The Morgan fingerprint density at radius 1 is 0.552 bits per heavy atom. The van der Waals surface area contributed by atoms with E-state index in [1.54, 1.807) is 0 Å².